The Morgan fingerprint density at radius 3 is 2.50 bits per heavy atom. The van der Waals surface area contributed by atoms with E-state index in [4.69, 9.17) is 11.6 Å². The van der Waals surface area contributed by atoms with Crippen LogP contribution in [0.2, 0.25) is 5.02 Å². The van der Waals surface area contributed by atoms with Crippen LogP contribution in [0.3, 0.4) is 0 Å². The predicted octanol–water partition coefficient (Wildman–Crippen LogP) is 2.58. The van der Waals surface area contributed by atoms with Gasteiger partial charge in [0.1, 0.15) is 0 Å². The second kappa shape index (κ2) is 6.40. The molecule has 0 atom stereocenters. The van der Waals surface area contributed by atoms with Gasteiger partial charge in [-0.25, -0.2) is 0 Å². The molecule has 2 aromatic rings. The van der Waals surface area contributed by atoms with Gasteiger partial charge in [0, 0.05) is 36.8 Å². The molecule has 24 heavy (non-hydrogen) atoms. The number of amides is 1. The molecule has 4 rings (SSSR count). The van der Waals surface area contributed by atoms with Crippen molar-refractivity contribution in [3.8, 4) is 0 Å². The van der Waals surface area contributed by atoms with Crippen molar-refractivity contribution in [1.82, 2.24) is 15.1 Å². The number of carbonyl (C=O) groups excluding carboxylic acids is 1. The second-order valence-electron chi connectivity index (χ2n) is 6.31. The molecule has 2 heterocycles. The molecule has 0 unspecified atom stereocenters. The Bertz CT molecular complexity index is 754. The van der Waals surface area contributed by atoms with Gasteiger partial charge in [0.15, 0.2) is 5.82 Å². The third-order valence-corrected chi connectivity index (χ3v) is 5.04. The maximum Gasteiger partial charge on any atom is 0.253 e. The first-order chi connectivity index (χ1) is 11.7. The standard InChI is InChI=1S/C18H19ClN4O/c19-15-6-4-13(5-7-15)18(24)23-10-8-22(9-11-23)17-12-14-2-1-3-16(14)20-21-17/h4-7,12H,1-3,8-11H2. The van der Waals surface area contributed by atoms with E-state index in [0.29, 0.717) is 23.7 Å². The van der Waals surface area contributed by atoms with Crippen LogP contribution in [0.1, 0.15) is 28.0 Å². The number of piperazine rings is 1. The van der Waals surface area contributed by atoms with Crippen molar-refractivity contribution in [2.24, 2.45) is 0 Å². The summed E-state index contributed by atoms with van der Waals surface area (Å²) in [7, 11) is 0. The van der Waals surface area contributed by atoms with Crippen LogP contribution in [0.25, 0.3) is 0 Å². The predicted molar refractivity (Wildman–Crippen MR) is 93.6 cm³/mol. The molecule has 1 aromatic carbocycles. The fraction of sp³-hybridized carbons (Fsp3) is 0.389. The van der Waals surface area contributed by atoms with E-state index in [-0.39, 0.29) is 5.91 Å². The number of carbonyl (C=O) groups is 1. The normalized spacial score (nSPS) is 17.0. The fourth-order valence-electron chi connectivity index (χ4n) is 3.39. The molecule has 2 aliphatic rings. The van der Waals surface area contributed by atoms with Gasteiger partial charge in [-0.3, -0.25) is 4.79 Å². The summed E-state index contributed by atoms with van der Waals surface area (Å²) < 4.78 is 0. The molecule has 0 spiro atoms. The van der Waals surface area contributed by atoms with Crippen molar-refractivity contribution in [3.05, 3.63) is 52.2 Å². The Labute approximate surface area is 146 Å². The number of benzene rings is 1. The minimum atomic E-state index is 0.0614. The van der Waals surface area contributed by atoms with Crippen molar-refractivity contribution >= 4 is 23.3 Å². The van der Waals surface area contributed by atoms with Gasteiger partial charge in [-0.1, -0.05) is 11.6 Å². The highest BCUT2D eigenvalue weighted by Crippen LogP contribution is 2.23. The first-order valence-corrected chi connectivity index (χ1v) is 8.74. The fourth-order valence-corrected chi connectivity index (χ4v) is 3.51. The molecule has 1 fully saturated rings. The Morgan fingerprint density at radius 1 is 1.00 bits per heavy atom. The van der Waals surface area contributed by atoms with Crippen LogP contribution in [-0.2, 0) is 12.8 Å². The molecule has 1 aliphatic heterocycles. The maximum atomic E-state index is 12.5. The number of hydrogen-bond donors (Lipinski definition) is 0. The lowest BCUT2D eigenvalue weighted by Crippen LogP contribution is -2.49. The number of aryl methyl sites for hydroxylation is 2. The molecule has 5 nitrogen and oxygen atoms in total. The molecule has 0 N–H and O–H groups in total. The Kier molecular flexibility index (Phi) is 4.10. The quantitative estimate of drug-likeness (QED) is 0.841. The number of fused-ring (bicyclic) bond motifs is 1. The first kappa shape index (κ1) is 15.4. The van der Waals surface area contributed by atoms with E-state index in [1.165, 1.54) is 12.0 Å². The molecular formula is C18H19ClN4O. The molecule has 124 valence electrons. The number of aromatic nitrogens is 2. The zero-order valence-electron chi connectivity index (χ0n) is 13.4. The smallest absolute Gasteiger partial charge is 0.253 e. The van der Waals surface area contributed by atoms with Gasteiger partial charge in [-0.05, 0) is 55.2 Å². The van der Waals surface area contributed by atoms with E-state index in [1.807, 2.05) is 4.90 Å². The van der Waals surface area contributed by atoms with E-state index in [9.17, 15) is 4.79 Å². The van der Waals surface area contributed by atoms with Crippen LogP contribution >= 0.6 is 11.6 Å². The minimum absolute atomic E-state index is 0.0614. The molecule has 1 saturated heterocycles. The highest BCUT2D eigenvalue weighted by Gasteiger charge is 2.24. The van der Waals surface area contributed by atoms with E-state index < -0.39 is 0 Å². The summed E-state index contributed by atoms with van der Waals surface area (Å²) in [6, 6.07) is 9.24. The minimum Gasteiger partial charge on any atom is -0.352 e. The largest absolute Gasteiger partial charge is 0.352 e. The lowest BCUT2D eigenvalue weighted by Gasteiger charge is -2.35. The van der Waals surface area contributed by atoms with E-state index in [2.05, 4.69) is 21.2 Å². The summed E-state index contributed by atoms with van der Waals surface area (Å²) in [6.07, 6.45) is 3.33. The Balaban J connectivity index is 1.41. The highest BCUT2D eigenvalue weighted by molar-refractivity contribution is 6.30. The molecule has 1 aromatic heterocycles. The molecular weight excluding hydrogens is 324 g/mol. The number of rotatable bonds is 2. The SMILES string of the molecule is O=C(c1ccc(Cl)cc1)N1CCN(c2cc3c(nn2)CCC3)CC1. The topological polar surface area (TPSA) is 49.3 Å². The Hall–Kier alpha value is -2.14. The molecule has 6 heteroatoms. The van der Waals surface area contributed by atoms with E-state index in [1.54, 1.807) is 24.3 Å². The van der Waals surface area contributed by atoms with Crippen molar-refractivity contribution in [3.63, 3.8) is 0 Å². The summed E-state index contributed by atoms with van der Waals surface area (Å²) >= 11 is 5.88. The first-order valence-electron chi connectivity index (χ1n) is 8.36. The zero-order valence-corrected chi connectivity index (χ0v) is 14.2. The van der Waals surface area contributed by atoms with Crippen molar-refractivity contribution in [2.75, 3.05) is 31.1 Å². The summed E-state index contributed by atoms with van der Waals surface area (Å²) in [4.78, 5) is 16.7. The van der Waals surface area contributed by atoms with Crippen LogP contribution in [0, 0.1) is 0 Å². The third-order valence-electron chi connectivity index (χ3n) is 4.79. The lowest BCUT2D eigenvalue weighted by molar-refractivity contribution is 0.0746. The van der Waals surface area contributed by atoms with Gasteiger partial charge in [0.2, 0.25) is 0 Å². The third kappa shape index (κ3) is 2.96. The monoisotopic (exact) mass is 342 g/mol. The maximum absolute atomic E-state index is 12.5. The van der Waals surface area contributed by atoms with Gasteiger partial charge < -0.3 is 9.80 Å². The lowest BCUT2D eigenvalue weighted by atomic mass is 10.1. The second-order valence-corrected chi connectivity index (χ2v) is 6.75. The average Bonchev–Trinajstić information content (AvgIpc) is 3.09. The zero-order chi connectivity index (χ0) is 16.5. The van der Waals surface area contributed by atoms with Gasteiger partial charge in [-0.15, -0.1) is 5.10 Å². The van der Waals surface area contributed by atoms with Gasteiger partial charge in [0.05, 0.1) is 5.69 Å². The number of nitrogens with zero attached hydrogens (tertiary/aromatic N) is 4. The molecule has 0 saturated carbocycles. The van der Waals surface area contributed by atoms with Crippen LogP contribution in [0.15, 0.2) is 30.3 Å². The van der Waals surface area contributed by atoms with Crippen molar-refractivity contribution in [1.29, 1.82) is 0 Å². The van der Waals surface area contributed by atoms with Crippen molar-refractivity contribution in [2.45, 2.75) is 19.3 Å². The molecule has 1 aliphatic carbocycles. The highest BCUT2D eigenvalue weighted by atomic mass is 35.5. The van der Waals surface area contributed by atoms with E-state index in [0.717, 1.165) is 37.4 Å². The molecule has 0 radical (unpaired) electrons. The van der Waals surface area contributed by atoms with Crippen LogP contribution in [0.4, 0.5) is 5.82 Å². The molecule has 1 amide bonds. The van der Waals surface area contributed by atoms with E-state index >= 15 is 0 Å². The Morgan fingerprint density at radius 2 is 1.75 bits per heavy atom. The van der Waals surface area contributed by atoms with Gasteiger partial charge >= 0.3 is 0 Å². The van der Waals surface area contributed by atoms with Crippen LogP contribution in [0.5, 0.6) is 0 Å². The van der Waals surface area contributed by atoms with Gasteiger partial charge in [-0.2, -0.15) is 5.10 Å². The van der Waals surface area contributed by atoms with Crippen molar-refractivity contribution < 1.29 is 4.79 Å². The average molecular weight is 343 g/mol. The number of hydrogen-bond acceptors (Lipinski definition) is 4. The number of halogens is 1. The summed E-state index contributed by atoms with van der Waals surface area (Å²) in [5, 5.41) is 9.37. The number of anilines is 1. The molecule has 0 bridgehead atoms. The summed E-state index contributed by atoms with van der Waals surface area (Å²) in [5.41, 5.74) is 3.17. The van der Waals surface area contributed by atoms with Crippen LogP contribution in [-0.4, -0.2) is 47.2 Å². The van der Waals surface area contributed by atoms with Gasteiger partial charge in [0.25, 0.3) is 5.91 Å². The van der Waals surface area contributed by atoms with Crippen LogP contribution < -0.4 is 4.90 Å². The summed E-state index contributed by atoms with van der Waals surface area (Å²) in [5.74, 6) is 1.00. The summed E-state index contributed by atoms with van der Waals surface area (Å²) in [6.45, 7) is 2.96.